The number of ether oxygens (including phenoxy) is 1. The van der Waals surface area contributed by atoms with Crippen LogP contribution in [0.1, 0.15) is 24.0 Å². The summed E-state index contributed by atoms with van der Waals surface area (Å²) < 4.78 is 5.23. The first-order valence-electron chi connectivity index (χ1n) is 5.69. The molecule has 0 radical (unpaired) electrons. The number of carbonyl (C=O) groups excluding carboxylic acids is 1. The molecule has 0 saturated heterocycles. The maximum absolute atomic E-state index is 11.4. The Morgan fingerprint density at radius 2 is 2.25 bits per heavy atom. The number of ketones is 1. The van der Waals surface area contributed by atoms with Crippen LogP contribution in [0.15, 0.2) is 24.3 Å². The molecule has 0 amide bonds. The molecule has 2 heteroatoms. The average molecular weight is 214 g/mol. The van der Waals surface area contributed by atoms with Gasteiger partial charge in [-0.15, -0.1) is 0 Å². The molecule has 3 rings (SSSR count). The summed E-state index contributed by atoms with van der Waals surface area (Å²) in [5.41, 5.74) is 3.81. The van der Waals surface area contributed by atoms with E-state index in [1.165, 1.54) is 16.7 Å². The van der Waals surface area contributed by atoms with Crippen molar-refractivity contribution in [3.63, 3.8) is 0 Å². The highest BCUT2D eigenvalue weighted by molar-refractivity contribution is 6.03. The number of hydrogen-bond acceptors (Lipinski definition) is 2. The van der Waals surface area contributed by atoms with Gasteiger partial charge in [-0.3, -0.25) is 4.79 Å². The van der Waals surface area contributed by atoms with E-state index in [0.29, 0.717) is 12.3 Å². The van der Waals surface area contributed by atoms with Gasteiger partial charge in [0.1, 0.15) is 5.75 Å². The molecule has 1 atom stereocenters. The molecule has 0 N–H and O–H groups in total. The number of benzene rings is 1. The first-order valence-corrected chi connectivity index (χ1v) is 5.69. The Morgan fingerprint density at radius 3 is 3.06 bits per heavy atom. The van der Waals surface area contributed by atoms with Crippen molar-refractivity contribution in [2.45, 2.75) is 19.3 Å². The predicted molar refractivity (Wildman–Crippen MR) is 62.4 cm³/mol. The largest absolute Gasteiger partial charge is 0.497 e. The first-order chi connectivity index (χ1) is 7.78. The highest BCUT2D eigenvalue weighted by Gasteiger charge is 2.30. The molecule has 16 heavy (non-hydrogen) atoms. The Morgan fingerprint density at radius 1 is 1.38 bits per heavy atom. The van der Waals surface area contributed by atoms with Gasteiger partial charge in [-0.05, 0) is 53.7 Å². The minimum atomic E-state index is 0.281. The van der Waals surface area contributed by atoms with Crippen LogP contribution in [-0.4, -0.2) is 12.9 Å². The number of methoxy groups -OCH3 is 1. The zero-order valence-corrected chi connectivity index (χ0v) is 9.32. The van der Waals surface area contributed by atoms with Crippen molar-refractivity contribution >= 4 is 11.4 Å². The van der Waals surface area contributed by atoms with Crippen LogP contribution in [0.5, 0.6) is 5.75 Å². The molecule has 0 fully saturated rings. The SMILES string of the molecule is COc1ccc2c(c1)CCC1CC(=O)C=C21. The molecule has 1 unspecified atom stereocenters. The number of hydrogen-bond donors (Lipinski definition) is 0. The Bertz CT molecular complexity index is 486. The number of allylic oxidation sites excluding steroid dienone is 2. The van der Waals surface area contributed by atoms with E-state index in [-0.39, 0.29) is 5.78 Å². The van der Waals surface area contributed by atoms with Gasteiger partial charge in [0.2, 0.25) is 0 Å². The van der Waals surface area contributed by atoms with Gasteiger partial charge in [0, 0.05) is 6.42 Å². The van der Waals surface area contributed by atoms with Gasteiger partial charge in [0.15, 0.2) is 5.78 Å². The highest BCUT2D eigenvalue weighted by Crippen LogP contribution is 2.41. The van der Waals surface area contributed by atoms with Crippen molar-refractivity contribution in [2.75, 3.05) is 7.11 Å². The third-order valence-electron chi connectivity index (χ3n) is 3.59. The van der Waals surface area contributed by atoms with Gasteiger partial charge in [0.25, 0.3) is 0 Å². The van der Waals surface area contributed by atoms with Crippen molar-refractivity contribution in [1.29, 1.82) is 0 Å². The molecule has 82 valence electrons. The number of aryl methyl sites for hydroxylation is 1. The lowest BCUT2D eigenvalue weighted by molar-refractivity contribution is -0.114. The fraction of sp³-hybridized carbons (Fsp3) is 0.357. The van der Waals surface area contributed by atoms with E-state index in [1.807, 2.05) is 12.1 Å². The van der Waals surface area contributed by atoms with Crippen molar-refractivity contribution in [3.05, 3.63) is 35.4 Å². The van der Waals surface area contributed by atoms with Gasteiger partial charge < -0.3 is 4.74 Å². The van der Waals surface area contributed by atoms with Crippen LogP contribution in [0.3, 0.4) is 0 Å². The Kier molecular flexibility index (Phi) is 2.10. The summed E-state index contributed by atoms with van der Waals surface area (Å²) in [4.78, 5) is 11.4. The summed E-state index contributed by atoms with van der Waals surface area (Å²) in [5, 5.41) is 0. The van der Waals surface area contributed by atoms with Gasteiger partial charge >= 0.3 is 0 Å². The van der Waals surface area contributed by atoms with E-state index in [9.17, 15) is 4.79 Å². The molecule has 2 aliphatic rings. The van der Waals surface area contributed by atoms with Crippen LogP contribution in [0.4, 0.5) is 0 Å². The summed E-state index contributed by atoms with van der Waals surface area (Å²) in [5.74, 6) is 1.65. The summed E-state index contributed by atoms with van der Waals surface area (Å²) >= 11 is 0. The van der Waals surface area contributed by atoms with Crippen LogP contribution in [0.25, 0.3) is 5.57 Å². The van der Waals surface area contributed by atoms with Crippen molar-refractivity contribution in [1.82, 2.24) is 0 Å². The van der Waals surface area contributed by atoms with Crippen LogP contribution in [-0.2, 0) is 11.2 Å². The zero-order chi connectivity index (χ0) is 11.1. The summed E-state index contributed by atoms with van der Waals surface area (Å²) in [6.07, 6.45) is 4.69. The van der Waals surface area contributed by atoms with E-state index < -0.39 is 0 Å². The third kappa shape index (κ3) is 1.37. The minimum absolute atomic E-state index is 0.281. The Balaban J connectivity index is 2.09. The van der Waals surface area contributed by atoms with Gasteiger partial charge in [-0.25, -0.2) is 0 Å². The quantitative estimate of drug-likeness (QED) is 0.718. The maximum atomic E-state index is 11.4. The van der Waals surface area contributed by atoms with Crippen molar-refractivity contribution in [3.8, 4) is 5.75 Å². The molecule has 0 heterocycles. The van der Waals surface area contributed by atoms with Crippen LogP contribution in [0.2, 0.25) is 0 Å². The van der Waals surface area contributed by atoms with Crippen LogP contribution in [0, 0.1) is 5.92 Å². The molecule has 0 saturated carbocycles. The van der Waals surface area contributed by atoms with E-state index in [4.69, 9.17) is 4.74 Å². The molecule has 1 aromatic rings. The zero-order valence-electron chi connectivity index (χ0n) is 9.32. The normalized spacial score (nSPS) is 22.4. The van der Waals surface area contributed by atoms with E-state index >= 15 is 0 Å². The third-order valence-corrected chi connectivity index (χ3v) is 3.59. The van der Waals surface area contributed by atoms with E-state index in [0.717, 1.165) is 18.6 Å². The second-order valence-corrected chi connectivity index (χ2v) is 4.53. The molecule has 0 spiro atoms. The molecule has 0 aromatic heterocycles. The molecular formula is C14H14O2. The standard InChI is InChI=1S/C14H14O2/c1-16-12-4-5-13-10(7-12)3-2-9-6-11(15)8-14(9)13/h4-5,7-9H,2-3,6H2,1H3. The lowest BCUT2D eigenvalue weighted by Crippen LogP contribution is -2.10. The summed E-state index contributed by atoms with van der Waals surface area (Å²) in [7, 11) is 1.69. The van der Waals surface area contributed by atoms with Crippen molar-refractivity contribution in [2.24, 2.45) is 5.92 Å². The number of fused-ring (bicyclic) bond motifs is 3. The van der Waals surface area contributed by atoms with Crippen LogP contribution < -0.4 is 4.74 Å². The molecule has 0 bridgehead atoms. The Labute approximate surface area is 94.9 Å². The van der Waals surface area contributed by atoms with E-state index in [1.54, 1.807) is 7.11 Å². The smallest absolute Gasteiger partial charge is 0.156 e. The fourth-order valence-electron chi connectivity index (χ4n) is 2.77. The second kappa shape index (κ2) is 3.48. The Hall–Kier alpha value is -1.57. The minimum Gasteiger partial charge on any atom is -0.497 e. The monoisotopic (exact) mass is 214 g/mol. The molecule has 1 aromatic carbocycles. The average Bonchev–Trinajstić information content (AvgIpc) is 2.69. The lowest BCUT2D eigenvalue weighted by Gasteiger charge is -2.23. The first kappa shape index (κ1) is 9.64. The maximum Gasteiger partial charge on any atom is 0.156 e. The number of carbonyl (C=O) groups is 1. The predicted octanol–water partition coefficient (Wildman–Crippen LogP) is 2.61. The fourth-order valence-corrected chi connectivity index (χ4v) is 2.77. The van der Waals surface area contributed by atoms with Gasteiger partial charge in [0.05, 0.1) is 7.11 Å². The summed E-state index contributed by atoms with van der Waals surface area (Å²) in [6.45, 7) is 0. The molecule has 2 aliphatic carbocycles. The van der Waals surface area contributed by atoms with Gasteiger partial charge in [-0.1, -0.05) is 6.07 Å². The lowest BCUT2D eigenvalue weighted by atomic mass is 9.81. The number of rotatable bonds is 1. The highest BCUT2D eigenvalue weighted by atomic mass is 16.5. The van der Waals surface area contributed by atoms with Crippen molar-refractivity contribution < 1.29 is 9.53 Å². The second-order valence-electron chi connectivity index (χ2n) is 4.53. The summed E-state index contributed by atoms with van der Waals surface area (Å²) in [6, 6.07) is 6.16. The molecular weight excluding hydrogens is 200 g/mol. The topological polar surface area (TPSA) is 26.3 Å². The van der Waals surface area contributed by atoms with E-state index in [2.05, 4.69) is 12.1 Å². The molecule has 0 aliphatic heterocycles. The van der Waals surface area contributed by atoms with Crippen LogP contribution >= 0.6 is 0 Å². The molecule has 2 nitrogen and oxygen atoms in total. The van der Waals surface area contributed by atoms with Gasteiger partial charge in [-0.2, -0.15) is 0 Å².